The van der Waals surface area contributed by atoms with E-state index in [0.29, 0.717) is 16.5 Å². The topological polar surface area (TPSA) is 83.0 Å². The van der Waals surface area contributed by atoms with Crippen molar-refractivity contribution in [2.75, 3.05) is 11.5 Å². The molecule has 0 amide bonds. The highest BCUT2D eigenvalue weighted by Crippen LogP contribution is 2.23. The average molecular weight is 310 g/mol. The van der Waals surface area contributed by atoms with Crippen molar-refractivity contribution >= 4 is 32.3 Å². The molecule has 0 aromatic carbocycles. The van der Waals surface area contributed by atoms with E-state index in [1.165, 1.54) is 0 Å². The lowest BCUT2D eigenvalue weighted by Gasteiger charge is -2.03. The van der Waals surface area contributed by atoms with Gasteiger partial charge in [0.1, 0.15) is 5.75 Å². The first-order chi connectivity index (χ1) is 8.51. The largest absolute Gasteiger partial charge is 0.610 e. The summed E-state index contributed by atoms with van der Waals surface area (Å²) in [6.45, 7) is 3.94. The summed E-state index contributed by atoms with van der Waals surface area (Å²) in [5, 5.41) is 7.39. The van der Waals surface area contributed by atoms with Crippen LogP contribution in [0.2, 0.25) is 0 Å². The SMILES string of the molecule is CCCC[S+]([O-])c1nnc(S(=O)(=O)CCCC)s1. The van der Waals surface area contributed by atoms with Crippen molar-refractivity contribution in [3.63, 3.8) is 0 Å². The molecular weight excluding hydrogens is 292 g/mol. The molecule has 104 valence electrons. The van der Waals surface area contributed by atoms with Crippen LogP contribution in [0.25, 0.3) is 0 Å². The summed E-state index contributed by atoms with van der Waals surface area (Å²) in [5.41, 5.74) is 0. The third kappa shape index (κ3) is 4.49. The van der Waals surface area contributed by atoms with E-state index in [9.17, 15) is 13.0 Å². The molecule has 0 spiro atoms. The Kier molecular flexibility index (Phi) is 6.54. The maximum absolute atomic E-state index is 11.9. The van der Waals surface area contributed by atoms with E-state index < -0.39 is 21.0 Å². The van der Waals surface area contributed by atoms with Crippen LogP contribution >= 0.6 is 11.3 Å². The van der Waals surface area contributed by atoms with Crippen LogP contribution in [0.1, 0.15) is 39.5 Å². The summed E-state index contributed by atoms with van der Waals surface area (Å²) in [6, 6.07) is 0. The van der Waals surface area contributed by atoms with Crippen molar-refractivity contribution in [1.29, 1.82) is 0 Å². The number of sulfone groups is 1. The van der Waals surface area contributed by atoms with Gasteiger partial charge in [0.15, 0.2) is 0 Å². The van der Waals surface area contributed by atoms with E-state index in [-0.39, 0.29) is 10.1 Å². The molecule has 1 atom stereocenters. The standard InChI is InChI=1S/C10H18N2O3S3/c1-3-5-7-17(13)9-11-12-10(16-9)18(14,15)8-6-4-2/h3-8H2,1-2H3. The maximum atomic E-state index is 11.9. The van der Waals surface area contributed by atoms with E-state index in [4.69, 9.17) is 0 Å². The fourth-order valence-corrected chi connectivity index (χ4v) is 5.39. The Hall–Kier alpha value is -0.180. The predicted molar refractivity (Wildman–Crippen MR) is 73.1 cm³/mol. The first-order valence-corrected chi connectivity index (χ1v) is 9.74. The Morgan fingerprint density at radius 3 is 2.50 bits per heavy atom. The highest BCUT2D eigenvalue weighted by atomic mass is 32.3. The first-order valence-electron chi connectivity index (χ1n) is 5.96. The van der Waals surface area contributed by atoms with Crippen LogP contribution < -0.4 is 0 Å². The Labute approximate surface area is 115 Å². The quantitative estimate of drug-likeness (QED) is 0.686. The second kappa shape index (κ2) is 7.42. The Balaban J connectivity index is 2.73. The van der Waals surface area contributed by atoms with Crippen LogP contribution in [0, 0.1) is 0 Å². The van der Waals surface area contributed by atoms with Gasteiger partial charge in [-0.15, -0.1) is 5.10 Å². The molecule has 0 aliphatic carbocycles. The van der Waals surface area contributed by atoms with E-state index in [1.807, 2.05) is 13.8 Å². The average Bonchev–Trinajstić information content (AvgIpc) is 2.83. The molecule has 1 heterocycles. The number of rotatable bonds is 8. The van der Waals surface area contributed by atoms with Crippen molar-refractivity contribution in [1.82, 2.24) is 10.2 Å². The predicted octanol–water partition coefficient (Wildman–Crippen LogP) is 2.02. The molecule has 8 heteroatoms. The van der Waals surface area contributed by atoms with Crippen LogP contribution in [0.3, 0.4) is 0 Å². The van der Waals surface area contributed by atoms with Gasteiger partial charge in [-0.1, -0.05) is 31.8 Å². The fraction of sp³-hybridized carbons (Fsp3) is 0.800. The molecule has 0 radical (unpaired) electrons. The molecule has 1 aromatic heterocycles. The van der Waals surface area contributed by atoms with Gasteiger partial charge in [-0.05, 0) is 24.2 Å². The molecule has 0 aliphatic rings. The van der Waals surface area contributed by atoms with Crippen molar-refractivity contribution in [2.45, 2.75) is 48.2 Å². The van der Waals surface area contributed by atoms with Gasteiger partial charge in [0.2, 0.25) is 14.2 Å². The fourth-order valence-electron chi connectivity index (χ4n) is 1.20. The summed E-state index contributed by atoms with van der Waals surface area (Å²) < 4.78 is 35.8. The molecule has 0 bridgehead atoms. The van der Waals surface area contributed by atoms with E-state index >= 15 is 0 Å². The van der Waals surface area contributed by atoms with Crippen molar-refractivity contribution in [2.24, 2.45) is 0 Å². The van der Waals surface area contributed by atoms with Gasteiger partial charge in [-0.3, -0.25) is 0 Å². The van der Waals surface area contributed by atoms with Gasteiger partial charge in [0, 0.05) is 11.2 Å². The molecule has 0 aliphatic heterocycles. The normalized spacial score (nSPS) is 13.7. The van der Waals surface area contributed by atoms with Crippen LogP contribution in [0.4, 0.5) is 0 Å². The van der Waals surface area contributed by atoms with Gasteiger partial charge < -0.3 is 4.55 Å². The van der Waals surface area contributed by atoms with Crippen LogP contribution in [-0.2, 0) is 21.0 Å². The van der Waals surface area contributed by atoms with Crippen molar-refractivity contribution < 1.29 is 13.0 Å². The van der Waals surface area contributed by atoms with E-state index in [0.717, 1.165) is 30.6 Å². The van der Waals surface area contributed by atoms with Gasteiger partial charge in [0.25, 0.3) is 0 Å². The molecule has 0 fully saturated rings. The lowest BCUT2D eigenvalue weighted by Crippen LogP contribution is -2.06. The van der Waals surface area contributed by atoms with E-state index in [2.05, 4.69) is 10.2 Å². The van der Waals surface area contributed by atoms with Crippen molar-refractivity contribution in [3.8, 4) is 0 Å². The third-order valence-corrected chi connectivity index (χ3v) is 7.20. The third-order valence-electron chi connectivity index (χ3n) is 2.30. The zero-order chi connectivity index (χ0) is 13.6. The summed E-state index contributed by atoms with van der Waals surface area (Å²) >= 11 is -0.284. The van der Waals surface area contributed by atoms with Crippen LogP contribution in [0.5, 0.6) is 0 Å². The Morgan fingerprint density at radius 1 is 1.22 bits per heavy atom. The lowest BCUT2D eigenvalue weighted by atomic mass is 10.4. The maximum Gasteiger partial charge on any atom is 0.322 e. The minimum Gasteiger partial charge on any atom is -0.610 e. The van der Waals surface area contributed by atoms with Gasteiger partial charge in [-0.25, -0.2) is 8.42 Å². The molecule has 5 nitrogen and oxygen atoms in total. The summed E-state index contributed by atoms with van der Waals surface area (Å²) in [7, 11) is -3.35. The molecule has 1 aromatic rings. The molecule has 18 heavy (non-hydrogen) atoms. The van der Waals surface area contributed by atoms with Crippen LogP contribution in [0.15, 0.2) is 8.68 Å². The zero-order valence-electron chi connectivity index (χ0n) is 10.6. The molecule has 1 rings (SSSR count). The first kappa shape index (κ1) is 15.9. The smallest absolute Gasteiger partial charge is 0.322 e. The summed E-state index contributed by atoms with van der Waals surface area (Å²) in [6.07, 6.45) is 3.21. The number of hydrogen-bond donors (Lipinski definition) is 0. The Bertz CT molecular complexity index is 459. The van der Waals surface area contributed by atoms with Gasteiger partial charge in [-0.2, -0.15) is 0 Å². The Morgan fingerprint density at radius 2 is 1.89 bits per heavy atom. The minimum absolute atomic E-state index is 0.00389. The molecule has 1 unspecified atom stereocenters. The molecular formula is C10H18N2O3S3. The lowest BCUT2D eigenvalue weighted by molar-refractivity contribution is 0.586. The second-order valence-corrected chi connectivity index (χ2v) is 8.91. The second-order valence-electron chi connectivity index (χ2n) is 3.91. The highest BCUT2D eigenvalue weighted by Gasteiger charge is 2.24. The monoisotopic (exact) mass is 310 g/mol. The van der Waals surface area contributed by atoms with E-state index in [1.54, 1.807) is 0 Å². The number of unbranched alkanes of at least 4 members (excludes halogenated alkanes) is 2. The molecule has 0 N–H and O–H groups in total. The summed E-state index contributed by atoms with van der Waals surface area (Å²) in [5.74, 6) is 0.597. The molecule has 0 saturated carbocycles. The molecule has 0 saturated heterocycles. The number of nitrogens with zero attached hydrogens (tertiary/aromatic N) is 2. The van der Waals surface area contributed by atoms with Crippen LogP contribution in [-0.4, -0.2) is 34.7 Å². The van der Waals surface area contributed by atoms with Crippen molar-refractivity contribution in [3.05, 3.63) is 0 Å². The van der Waals surface area contributed by atoms with Gasteiger partial charge >= 0.3 is 4.34 Å². The zero-order valence-corrected chi connectivity index (χ0v) is 13.0. The number of hydrogen-bond acceptors (Lipinski definition) is 6. The highest BCUT2D eigenvalue weighted by molar-refractivity contribution is 7.95. The van der Waals surface area contributed by atoms with Gasteiger partial charge in [0.05, 0.1) is 5.75 Å². The summed E-state index contributed by atoms with van der Waals surface area (Å²) in [4.78, 5) is 0. The number of aromatic nitrogens is 2. The minimum atomic E-state index is -3.35.